The summed E-state index contributed by atoms with van der Waals surface area (Å²) in [5.74, 6) is 0.202. The summed E-state index contributed by atoms with van der Waals surface area (Å²) in [5, 5.41) is 3.16. The first kappa shape index (κ1) is 21.7. The number of nitrogens with one attached hydrogen (secondary N) is 1. The van der Waals surface area contributed by atoms with Gasteiger partial charge in [0.1, 0.15) is 5.75 Å². The van der Waals surface area contributed by atoms with Crippen LogP contribution in [0.2, 0.25) is 0 Å². The van der Waals surface area contributed by atoms with E-state index < -0.39 is 5.97 Å². The van der Waals surface area contributed by atoms with Gasteiger partial charge >= 0.3 is 10.8 Å². The molecule has 0 fully saturated rings. The molecule has 158 valence electrons. The van der Waals surface area contributed by atoms with Gasteiger partial charge in [-0.15, -0.1) is 0 Å². The number of aromatic nitrogens is 1. The van der Waals surface area contributed by atoms with E-state index in [0.29, 0.717) is 24.5 Å². The topological polar surface area (TPSA) is 86.6 Å². The molecule has 3 rings (SSSR count). The third kappa shape index (κ3) is 5.55. The highest BCUT2D eigenvalue weighted by Crippen LogP contribution is 2.18. The third-order valence-corrected chi connectivity index (χ3v) is 5.57. The lowest BCUT2D eigenvalue weighted by molar-refractivity contribution is -0.145. The second-order valence-corrected chi connectivity index (χ2v) is 7.69. The molecule has 0 amide bonds. The Kier molecular flexibility index (Phi) is 7.37. The molecule has 0 unspecified atom stereocenters. The fourth-order valence-corrected chi connectivity index (χ4v) is 3.86. The fourth-order valence-electron chi connectivity index (χ4n) is 2.94. The van der Waals surface area contributed by atoms with Crippen LogP contribution in [-0.2, 0) is 23.0 Å². The van der Waals surface area contributed by atoms with Crippen molar-refractivity contribution in [3.8, 4) is 5.75 Å². The quantitative estimate of drug-likeness (QED) is 0.303. The standard InChI is InChI=1S/C22H24N2O5S/c1-3-28-21(26)14-29-17-7-4-15(5-8-17)10-11-23-13-19(25)16-6-9-18-20(12-16)30-22(27)24(18)2/h4-9,12,23H,3,10-11,13-14H2,1-2H3. The molecular formula is C22H24N2O5S. The molecule has 30 heavy (non-hydrogen) atoms. The summed E-state index contributed by atoms with van der Waals surface area (Å²) in [6.07, 6.45) is 0.755. The van der Waals surface area contributed by atoms with Crippen molar-refractivity contribution in [2.24, 2.45) is 7.05 Å². The Hall–Kier alpha value is -2.97. The lowest BCUT2D eigenvalue weighted by Crippen LogP contribution is -2.25. The Labute approximate surface area is 178 Å². The molecule has 0 atom stereocenters. The smallest absolute Gasteiger partial charge is 0.344 e. The molecule has 1 heterocycles. The number of aryl methyl sites for hydroxylation is 1. The second kappa shape index (κ2) is 10.2. The maximum absolute atomic E-state index is 12.4. The Morgan fingerprint density at radius 2 is 1.90 bits per heavy atom. The molecule has 0 bridgehead atoms. The van der Waals surface area contributed by atoms with E-state index in [-0.39, 0.29) is 23.8 Å². The number of hydrogen-bond donors (Lipinski definition) is 1. The predicted molar refractivity (Wildman–Crippen MR) is 117 cm³/mol. The third-order valence-electron chi connectivity index (χ3n) is 4.58. The van der Waals surface area contributed by atoms with E-state index in [9.17, 15) is 14.4 Å². The van der Waals surface area contributed by atoms with Gasteiger partial charge in [-0.3, -0.25) is 9.59 Å². The highest BCUT2D eigenvalue weighted by Gasteiger charge is 2.10. The summed E-state index contributed by atoms with van der Waals surface area (Å²) < 4.78 is 12.6. The van der Waals surface area contributed by atoms with Gasteiger partial charge in [0.15, 0.2) is 12.4 Å². The minimum Gasteiger partial charge on any atom is -0.482 e. The number of esters is 1. The molecule has 0 aliphatic heterocycles. The van der Waals surface area contributed by atoms with Crippen molar-refractivity contribution in [1.82, 2.24) is 9.88 Å². The molecular weight excluding hydrogens is 404 g/mol. The summed E-state index contributed by atoms with van der Waals surface area (Å²) >= 11 is 1.14. The molecule has 0 spiro atoms. The van der Waals surface area contributed by atoms with Crippen LogP contribution in [0.25, 0.3) is 10.2 Å². The van der Waals surface area contributed by atoms with Gasteiger partial charge in [0.05, 0.1) is 23.4 Å². The van der Waals surface area contributed by atoms with Crippen molar-refractivity contribution in [2.45, 2.75) is 13.3 Å². The number of fused-ring (bicyclic) bond motifs is 1. The van der Waals surface area contributed by atoms with Crippen molar-refractivity contribution in [1.29, 1.82) is 0 Å². The van der Waals surface area contributed by atoms with Gasteiger partial charge in [-0.25, -0.2) is 4.79 Å². The maximum Gasteiger partial charge on any atom is 0.344 e. The van der Waals surface area contributed by atoms with Crippen LogP contribution in [-0.4, -0.2) is 42.6 Å². The lowest BCUT2D eigenvalue weighted by Gasteiger charge is -2.08. The first-order valence-corrected chi connectivity index (χ1v) is 10.5. The zero-order valence-electron chi connectivity index (χ0n) is 17.0. The SMILES string of the molecule is CCOC(=O)COc1ccc(CCNCC(=O)c2ccc3c(c2)sc(=O)n3C)cc1. The van der Waals surface area contributed by atoms with Gasteiger partial charge in [0, 0.05) is 12.6 Å². The predicted octanol–water partition coefficient (Wildman–Crippen LogP) is 2.56. The summed E-state index contributed by atoms with van der Waals surface area (Å²) in [7, 11) is 1.73. The molecule has 0 aliphatic rings. The summed E-state index contributed by atoms with van der Waals surface area (Å²) in [6.45, 7) is 2.85. The summed E-state index contributed by atoms with van der Waals surface area (Å²) in [6, 6.07) is 12.8. The van der Waals surface area contributed by atoms with E-state index in [0.717, 1.165) is 33.5 Å². The average Bonchev–Trinajstić information content (AvgIpc) is 3.03. The van der Waals surface area contributed by atoms with Crippen LogP contribution in [0.15, 0.2) is 47.3 Å². The molecule has 3 aromatic rings. The van der Waals surface area contributed by atoms with E-state index in [2.05, 4.69) is 5.32 Å². The van der Waals surface area contributed by atoms with Gasteiger partial charge in [0.2, 0.25) is 0 Å². The summed E-state index contributed by atoms with van der Waals surface area (Å²) in [5.41, 5.74) is 2.53. The van der Waals surface area contributed by atoms with E-state index in [1.165, 1.54) is 0 Å². The molecule has 0 aliphatic carbocycles. The van der Waals surface area contributed by atoms with Crippen molar-refractivity contribution >= 4 is 33.3 Å². The Balaban J connectivity index is 1.44. The van der Waals surface area contributed by atoms with E-state index in [4.69, 9.17) is 9.47 Å². The highest BCUT2D eigenvalue weighted by atomic mass is 32.1. The number of ether oxygens (including phenoxy) is 2. The Morgan fingerprint density at radius 1 is 1.13 bits per heavy atom. The van der Waals surface area contributed by atoms with E-state index in [1.54, 1.807) is 42.8 Å². The zero-order chi connectivity index (χ0) is 21.5. The molecule has 2 aromatic carbocycles. The monoisotopic (exact) mass is 428 g/mol. The molecule has 0 saturated heterocycles. The van der Waals surface area contributed by atoms with Gasteiger partial charge in [-0.1, -0.05) is 23.5 Å². The van der Waals surface area contributed by atoms with E-state index >= 15 is 0 Å². The number of rotatable bonds is 10. The first-order valence-electron chi connectivity index (χ1n) is 9.68. The number of nitrogens with zero attached hydrogens (tertiary/aromatic N) is 1. The van der Waals surface area contributed by atoms with Crippen molar-refractivity contribution in [3.63, 3.8) is 0 Å². The van der Waals surface area contributed by atoms with Crippen molar-refractivity contribution in [2.75, 3.05) is 26.3 Å². The minimum atomic E-state index is -0.393. The minimum absolute atomic E-state index is 0.0110. The van der Waals surface area contributed by atoms with Gasteiger partial charge in [-0.05, 0) is 55.8 Å². The normalized spacial score (nSPS) is 10.9. The first-order chi connectivity index (χ1) is 14.5. The Morgan fingerprint density at radius 3 is 2.63 bits per heavy atom. The number of Topliss-reactive ketones (excluding diaryl/α,β-unsaturated/α-hetero) is 1. The second-order valence-electron chi connectivity index (χ2n) is 6.70. The molecule has 7 nitrogen and oxygen atoms in total. The highest BCUT2D eigenvalue weighted by molar-refractivity contribution is 7.16. The van der Waals surface area contributed by atoms with Crippen molar-refractivity contribution < 1.29 is 19.1 Å². The van der Waals surface area contributed by atoms with Gasteiger partial charge in [-0.2, -0.15) is 0 Å². The number of benzene rings is 2. The maximum atomic E-state index is 12.4. The van der Waals surface area contributed by atoms with Crippen LogP contribution in [0, 0.1) is 0 Å². The zero-order valence-corrected chi connectivity index (χ0v) is 17.8. The number of ketones is 1. The average molecular weight is 429 g/mol. The number of hydrogen-bond acceptors (Lipinski definition) is 7. The lowest BCUT2D eigenvalue weighted by atomic mass is 10.1. The fraction of sp³-hybridized carbons (Fsp3) is 0.318. The number of thiazole rings is 1. The number of carbonyl (C=O) groups is 2. The van der Waals surface area contributed by atoms with Crippen LogP contribution >= 0.6 is 11.3 Å². The Bertz CT molecular complexity index is 1090. The molecule has 8 heteroatoms. The van der Waals surface area contributed by atoms with Crippen LogP contribution in [0.5, 0.6) is 5.75 Å². The summed E-state index contributed by atoms with van der Waals surface area (Å²) in [4.78, 5) is 35.4. The molecule has 0 radical (unpaired) electrons. The molecule has 1 aromatic heterocycles. The van der Waals surface area contributed by atoms with Crippen molar-refractivity contribution in [3.05, 3.63) is 63.3 Å². The van der Waals surface area contributed by atoms with Crippen LogP contribution in [0.3, 0.4) is 0 Å². The van der Waals surface area contributed by atoms with E-state index in [1.807, 2.05) is 18.2 Å². The van der Waals surface area contributed by atoms with Crippen LogP contribution in [0.1, 0.15) is 22.8 Å². The van der Waals surface area contributed by atoms with Crippen LogP contribution in [0.4, 0.5) is 0 Å². The molecule has 1 N–H and O–H groups in total. The largest absolute Gasteiger partial charge is 0.482 e. The van der Waals surface area contributed by atoms with Crippen LogP contribution < -0.4 is 14.9 Å². The number of carbonyl (C=O) groups excluding carboxylic acids is 2. The molecule has 0 saturated carbocycles. The van der Waals surface area contributed by atoms with Gasteiger partial charge < -0.3 is 19.4 Å². The van der Waals surface area contributed by atoms with Gasteiger partial charge in [0.25, 0.3) is 0 Å².